The van der Waals surface area contributed by atoms with Crippen LogP contribution in [0.1, 0.15) is 0 Å². The number of H-pyrrole nitrogens is 1. The first kappa shape index (κ1) is 9.83. The second-order valence-electron chi connectivity index (χ2n) is 2.84. The SMILES string of the molecule is O=c1[nH]cc([N+](=O)[O-])c2oc([N+](=O)[O-])cc12. The lowest BCUT2D eigenvalue weighted by atomic mass is 10.3. The standard InChI is InChI=1S/C7H3N3O6/c11-7-3-1-5(10(14)15)16-6(3)4(2-8-7)9(12)13/h1-2H,(H,8,11). The van der Waals surface area contributed by atoms with Crippen LogP contribution in [0.25, 0.3) is 11.0 Å². The summed E-state index contributed by atoms with van der Waals surface area (Å²) in [5, 5.41) is 20.7. The van der Waals surface area contributed by atoms with Gasteiger partial charge in [-0.05, 0) is 0 Å². The topological polar surface area (TPSA) is 132 Å². The Labute approximate surface area is 85.6 Å². The molecule has 0 aliphatic carbocycles. The Balaban J connectivity index is 2.88. The summed E-state index contributed by atoms with van der Waals surface area (Å²) in [6.45, 7) is 0. The van der Waals surface area contributed by atoms with Gasteiger partial charge in [-0.1, -0.05) is 0 Å². The Hall–Kier alpha value is -2.71. The Morgan fingerprint density at radius 1 is 1.25 bits per heavy atom. The van der Waals surface area contributed by atoms with Crippen molar-refractivity contribution < 1.29 is 14.3 Å². The molecule has 2 aromatic rings. The number of pyridine rings is 1. The first-order valence-corrected chi connectivity index (χ1v) is 3.94. The molecular weight excluding hydrogens is 222 g/mol. The lowest BCUT2D eigenvalue weighted by Gasteiger charge is -1.90. The second kappa shape index (κ2) is 3.15. The fourth-order valence-corrected chi connectivity index (χ4v) is 1.24. The van der Waals surface area contributed by atoms with E-state index in [2.05, 4.69) is 9.40 Å². The van der Waals surface area contributed by atoms with Crippen molar-refractivity contribution in [2.24, 2.45) is 0 Å². The Morgan fingerprint density at radius 2 is 1.94 bits per heavy atom. The summed E-state index contributed by atoms with van der Waals surface area (Å²) in [7, 11) is 0. The van der Waals surface area contributed by atoms with Gasteiger partial charge in [0.05, 0.1) is 17.2 Å². The summed E-state index contributed by atoms with van der Waals surface area (Å²) in [5.41, 5.74) is -1.61. The van der Waals surface area contributed by atoms with Crippen LogP contribution in [-0.2, 0) is 0 Å². The van der Waals surface area contributed by atoms with Crippen LogP contribution in [0, 0.1) is 20.2 Å². The number of fused-ring (bicyclic) bond motifs is 1. The van der Waals surface area contributed by atoms with Gasteiger partial charge in [-0.25, -0.2) is 0 Å². The Kier molecular flexibility index (Phi) is 1.94. The molecule has 0 aromatic carbocycles. The highest BCUT2D eigenvalue weighted by Gasteiger charge is 2.23. The molecule has 0 saturated heterocycles. The molecule has 2 rings (SSSR count). The number of hydrogen-bond donors (Lipinski definition) is 1. The van der Waals surface area contributed by atoms with E-state index in [0.717, 1.165) is 12.3 Å². The minimum absolute atomic E-state index is 0.221. The van der Waals surface area contributed by atoms with Gasteiger partial charge in [-0.3, -0.25) is 25.0 Å². The summed E-state index contributed by atoms with van der Waals surface area (Å²) in [4.78, 5) is 32.6. The summed E-state index contributed by atoms with van der Waals surface area (Å²) >= 11 is 0. The smallest absolute Gasteiger partial charge is 0.393 e. The first-order valence-electron chi connectivity index (χ1n) is 3.94. The van der Waals surface area contributed by atoms with Gasteiger partial charge in [0, 0.05) is 0 Å². The number of rotatable bonds is 2. The number of nitrogens with zero attached hydrogens (tertiary/aromatic N) is 2. The highest BCUT2D eigenvalue weighted by atomic mass is 16.7. The van der Waals surface area contributed by atoms with E-state index in [1.165, 1.54) is 0 Å². The minimum atomic E-state index is -0.872. The van der Waals surface area contributed by atoms with E-state index in [1.54, 1.807) is 0 Å². The van der Waals surface area contributed by atoms with E-state index >= 15 is 0 Å². The van der Waals surface area contributed by atoms with Crippen LogP contribution in [0.15, 0.2) is 21.5 Å². The van der Waals surface area contributed by atoms with Gasteiger partial charge in [0.1, 0.15) is 10.3 Å². The highest BCUT2D eigenvalue weighted by Crippen LogP contribution is 2.28. The maximum Gasteiger partial charge on any atom is 0.434 e. The second-order valence-corrected chi connectivity index (χ2v) is 2.84. The van der Waals surface area contributed by atoms with E-state index in [9.17, 15) is 25.0 Å². The molecule has 9 heteroatoms. The lowest BCUT2D eigenvalue weighted by molar-refractivity contribution is -0.402. The van der Waals surface area contributed by atoms with Crippen LogP contribution in [0.5, 0.6) is 0 Å². The number of nitro groups is 2. The van der Waals surface area contributed by atoms with Crippen LogP contribution in [0.4, 0.5) is 11.6 Å². The van der Waals surface area contributed by atoms with Crippen LogP contribution in [0.3, 0.4) is 0 Å². The Bertz CT molecular complexity index is 654. The molecule has 0 atom stereocenters. The monoisotopic (exact) mass is 225 g/mol. The molecule has 82 valence electrons. The van der Waals surface area contributed by atoms with Crippen LogP contribution in [-0.4, -0.2) is 14.8 Å². The van der Waals surface area contributed by atoms with Gasteiger partial charge in [0.2, 0.25) is 5.58 Å². The van der Waals surface area contributed by atoms with E-state index < -0.39 is 32.6 Å². The van der Waals surface area contributed by atoms with Crippen molar-refractivity contribution in [3.63, 3.8) is 0 Å². The molecule has 0 fully saturated rings. The van der Waals surface area contributed by atoms with Crippen molar-refractivity contribution in [1.29, 1.82) is 0 Å². The predicted octanol–water partition coefficient (Wildman–Crippen LogP) is 0.937. The van der Waals surface area contributed by atoms with Gasteiger partial charge in [0.15, 0.2) is 0 Å². The molecule has 0 spiro atoms. The lowest BCUT2D eigenvalue weighted by Crippen LogP contribution is -2.05. The molecule has 1 N–H and O–H groups in total. The van der Waals surface area contributed by atoms with Gasteiger partial charge in [-0.2, -0.15) is 0 Å². The molecule has 0 unspecified atom stereocenters. The molecule has 9 nitrogen and oxygen atoms in total. The fourth-order valence-electron chi connectivity index (χ4n) is 1.24. The average Bonchev–Trinajstić information content (AvgIpc) is 2.62. The van der Waals surface area contributed by atoms with Crippen LogP contribution >= 0.6 is 0 Å². The van der Waals surface area contributed by atoms with Gasteiger partial charge >= 0.3 is 11.6 Å². The number of nitrogens with one attached hydrogen (secondary N) is 1. The normalized spacial score (nSPS) is 10.5. The number of aromatic amines is 1. The third-order valence-corrected chi connectivity index (χ3v) is 1.91. The van der Waals surface area contributed by atoms with Crippen LogP contribution < -0.4 is 5.56 Å². The molecular formula is C7H3N3O6. The average molecular weight is 225 g/mol. The van der Waals surface area contributed by atoms with Gasteiger partial charge in [0.25, 0.3) is 5.56 Å². The van der Waals surface area contributed by atoms with Crippen LogP contribution in [0.2, 0.25) is 0 Å². The third-order valence-electron chi connectivity index (χ3n) is 1.91. The molecule has 16 heavy (non-hydrogen) atoms. The van der Waals surface area contributed by atoms with Crippen molar-refractivity contribution >= 4 is 22.5 Å². The van der Waals surface area contributed by atoms with Crippen molar-refractivity contribution in [3.05, 3.63) is 42.8 Å². The maximum absolute atomic E-state index is 11.2. The molecule has 0 amide bonds. The summed E-state index contributed by atoms with van der Waals surface area (Å²) in [5.74, 6) is -0.713. The molecule has 0 bridgehead atoms. The molecule has 0 aliphatic heterocycles. The zero-order valence-corrected chi connectivity index (χ0v) is 7.50. The fraction of sp³-hybridized carbons (Fsp3) is 0. The quantitative estimate of drug-likeness (QED) is 0.597. The largest absolute Gasteiger partial charge is 0.434 e. The molecule has 2 aromatic heterocycles. The molecule has 2 heterocycles. The predicted molar refractivity (Wildman–Crippen MR) is 50.1 cm³/mol. The van der Waals surface area contributed by atoms with Crippen molar-refractivity contribution in [2.75, 3.05) is 0 Å². The molecule has 0 radical (unpaired) electrons. The summed E-state index contributed by atoms with van der Waals surface area (Å²) in [6.07, 6.45) is 0.831. The Morgan fingerprint density at radius 3 is 2.50 bits per heavy atom. The molecule has 0 aliphatic rings. The third kappa shape index (κ3) is 1.30. The van der Waals surface area contributed by atoms with E-state index in [-0.39, 0.29) is 5.39 Å². The number of hydrogen-bond acceptors (Lipinski definition) is 6. The maximum atomic E-state index is 11.2. The zero-order valence-electron chi connectivity index (χ0n) is 7.50. The first-order chi connectivity index (χ1) is 7.50. The van der Waals surface area contributed by atoms with Gasteiger partial charge in [-0.15, -0.1) is 0 Å². The number of aromatic nitrogens is 1. The van der Waals surface area contributed by atoms with E-state index in [0.29, 0.717) is 0 Å². The van der Waals surface area contributed by atoms with E-state index in [4.69, 9.17) is 0 Å². The van der Waals surface area contributed by atoms with Gasteiger partial charge < -0.3 is 9.40 Å². The summed E-state index contributed by atoms with van der Waals surface area (Å²) < 4.78 is 4.64. The van der Waals surface area contributed by atoms with Crippen molar-refractivity contribution in [3.8, 4) is 0 Å². The van der Waals surface area contributed by atoms with Crippen molar-refractivity contribution in [1.82, 2.24) is 4.98 Å². The number of furan rings is 1. The van der Waals surface area contributed by atoms with Crippen molar-refractivity contribution in [2.45, 2.75) is 0 Å². The summed E-state index contributed by atoms with van der Waals surface area (Å²) in [6, 6.07) is 0.848. The van der Waals surface area contributed by atoms with E-state index in [1.807, 2.05) is 0 Å². The highest BCUT2D eigenvalue weighted by molar-refractivity contribution is 5.86. The minimum Gasteiger partial charge on any atom is -0.393 e. The molecule has 0 saturated carbocycles. The zero-order chi connectivity index (χ0) is 11.9.